The molecule has 82 valence electrons. The molecule has 0 aliphatic rings. The number of aromatic nitrogens is 1. The molecule has 0 spiro atoms. The number of nitrogens with two attached hydrogens (primary N) is 1. The highest BCUT2D eigenvalue weighted by Crippen LogP contribution is 2.31. The summed E-state index contributed by atoms with van der Waals surface area (Å²) in [7, 11) is 1.63. The van der Waals surface area contributed by atoms with Crippen LogP contribution in [0.4, 0.5) is 5.69 Å². The van der Waals surface area contributed by atoms with Crippen molar-refractivity contribution < 1.29 is 4.74 Å². The van der Waals surface area contributed by atoms with E-state index in [-0.39, 0.29) is 0 Å². The van der Waals surface area contributed by atoms with Crippen molar-refractivity contribution in [1.29, 1.82) is 0 Å². The molecule has 1 heterocycles. The van der Waals surface area contributed by atoms with Crippen LogP contribution in [-0.4, -0.2) is 12.1 Å². The fourth-order valence-electron chi connectivity index (χ4n) is 1.31. The molecule has 0 aliphatic heterocycles. The van der Waals surface area contributed by atoms with E-state index in [4.69, 9.17) is 10.5 Å². The lowest BCUT2D eigenvalue weighted by Gasteiger charge is -2.06. The smallest absolute Gasteiger partial charge is 0.122 e. The van der Waals surface area contributed by atoms with Gasteiger partial charge in [0.1, 0.15) is 5.75 Å². The molecular weight excluding hydrogens is 220 g/mol. The Kier molecular flexibility index (Phi) is 3.31. The average molecular weight is 232 g/mol. The molecule has 2 aromatic rings. The number of hydrogen-bond donors (Lipinski definition) is 1. The summed E-state index contributed by atoms with van der Waals surface area (Å²) in [6.07, 6.45) is 3.54. The van der Waals surface area contributed by atoms with E-state index < -0.39 is 0 Å². The summed E-state index contributed by atoms with van der Waals surface area (Å²) in [5.74, 6) is 0.775. The third-order valence-corrected chi connectivity index (χ3v) is 3.00. The number of anilines is 1. The van der Waals surface area contributed by atoms with Crippen LogP contribution >= 0.6 is 11.8 Å². The molecule has 2 rings (SSSR count). The quantitative estimate of drug-likeness (QED) is 0.827. The Balaban J connectivity index is 2.24. The van der Waals surface area contributed by atoms with Crippen molar-refractivity contribution in [3.63, 3.8) is 0 Å². The van der Waals surface area contributed by atoms with Crippen LogP contribution in [-0.2, 0) is 0 Å². The van der Waals surface area contributed by atoms with Crippen LogP contribution in [0.15, 0.2) is 52.5 Å². The number of rotatable bonds is 3. The van der Waals surface area contributed by atoms with Crippen LogP contribution in [0, 0.1) is 0 Å². The second-order valence-corrected chi connectivity index (χ2v) is 4.37. The third kappa shape index (κ3) is 2.67. The first-order valence-electron chi connectivity index (χ1n) is 4.80. The molecule has 0 unspecified atom stereocenters. The van der Waals surface area contributed by atoms with E-state index in [2.05, 4.69) is 4.98 Å². The Labute approximate surface area is 98.6 Å². The third-order valence-electron chi connectivity index (χ3n) is 2.02. The molecule has 0 radical (unpaired) electrons. The maximum Gasteiger partial charge on any atom is 0.122 e. The molecule has 0 saturated carbocycles. The zero-order chi connectivity index (χ0) is 11.4. The standard InChI is InChI=1S/C12H12N2OS/c1-15-10-6-9(13)7-12(8-10)16-11-2-4-14-5-3-11/h2-8H,13H2,1H3. The average Bonchev–Trinajstić information content (AvgIpc) is 2.29. The van der Waals surface area contributed by atoms with E-state index >= 15 is 0 Å². The van der Waals surface area contributed by atoms with Gasteiger partial charge in [-0.2, -0.15) is 0 Å². The van der Waals surface area contributed by atoms with Crippen molar-refractivity contribution >= 4 is 17.4 Å². The molecule has 0 saturated heterocycles. The number of benzene rings is 1. The van der Waals surface area contributed by atoms with Crippen LogP contribution in [0.5, 0.6) is 5.75 Å². The molecule has 1 aromatic heterocycles. The van der Waals surface area contributed by atoms with Crippen molar-refractivity contribution in [3.8, 4) is 5.75 Å². The minimum absolute atomic E-state index is 0.705. The van der Waals surface area contributed by atoms with E-state index in [0.29, 0.717) is 5.69 Å². The van der Waals surface area contributed by atoms with Gasteiger partial charge >= 0.3 is 0 Å². The molecule has 4 heteroatoms. The first-order chi connectivity index (χ1) is 7.78. The van der Waals surface area contributed by atoms with E-state index in [9.17, 15) is 0 Å². The highest BCUT2D eigenvalue weighted by molar-refractivity contribution is 7.99. The van der Waals surface area contributed by atoms with E-state index in [1.54, 1.807) is 37.3 Å². The van der Waals surface area contributed by atoms with Gasteiger partial charge in [-0.25, -0.2) is 0 Å². The van der Waals surface area contributed by atoms with E-state index in [1.807, 2.05) is 24.3 Å². The molecule has 16 heavy (non-hydrogen) atoms. The normalized spacial score (nSPS) is 10.1. The van der Waals surface area contributed by atoms with Crippen LogP contribution in [0.2, 0.25) is 0 Å². The van der Waals surface area contributed by atoms with Crippen molar-refractivity contribution in [2.75, 3.05) is 12.8 Å². The number of nitrogen functional groups attached to an aromatic ring is 1. The second-order valence-electron chi connectivity index (χ2n) is 3.23. The summed E-state index contributed by atoms with van der Waals surface area (Å²) < 4.78 is 5.17. The number of pyridine rings is 1. The fraction of sp³-hybridized carbons (Fsp3) is 0.0833. The number of ether oxygens (including phenoxy) is 1. The van der Waals surface area contributed by atoms with Crippen molar-refractivity contribution in [1.82, 2.24) is 4.98 Å². The maximum absolute atomic E-state index is 5.78. The molecule has 0 aliphatic carbocycles. The van der Waals surface area contributed by atoms with Gasteiger partial charge in [0.25, 0.3) is 0 Å². The largest absolute Gasteiger partial charge is 0.497 e. The highest BCUT2D eigenvalue weighted by Gasteiger charge is 2.01. The molecule has 0 amide bonds. The Morgan fingerprint density at radius 2 is 1.88 bits per heavy atom. The Hall–Kier alpha value is -1.68. The number of nitrogens with zero attached hydrogens (tertiary/aromatic N) is 1. The predicted octanol–water partition coefficient (Wildman–Crippen LogP) is 2.82. The number of methoxy groups -OCH3 is 1. The first-order valence-corrected chi connectivity index (χ1v) is 5.62. The lowest BCUT2D eigenvalue weighted by Crippen LogP contribution is -1.89. The van der Waals surface area contributed by atoms with Gasteiger partial charge in [-0.1, -0.05) is 11.8 Å². The molecule has 2 N–H and O–H groups in total. The first kappa shape index (κ1) is 10.8. The maximum atomic E-state index is 5.78. The Bertz CT molecular complexity index is 474. The van der Waals surface area contributed by atoms with Gasteiger partial charge in [-0.15, -0.1) is 0 Å². The number of hydrogen-bond acceptors (Lipinski definition) is 4. The monoisotopic (exact) mass is 232 g/mol. The highest BCUT2D eigenvalue weighted by atomic mass is 32.2. The predicted molar refractivity (Wildman–Crippen MR) is 65.8 cm³/mol. The topological polar surface area (TPSA) is 48.1 Å². The molecule has 0 fully saturated rings. The summed E-state index contributed by atoms with van der Waals surface area (Å²) in [5, 5.41) is 0. The van der Waals surface area contributed by atoms with Crippen molar-refractivity contribution in [2.24, 2.45) is 0 Å². The Morgan fingerprint density at radius 3 is 2.56 bits per heavy atom. The lowest BCUT2D eigenvalue weighted by atomic mass is 10.3. The molecule has 1 aromatic carbocycles. The summed E-state index contributed by atoms with van der Waals surface area (Å²) in [5.41, 5.74) is 6.49. The minimum Gasteiger partial charge on any atom is -0.497 e. The van der Waals surface area contributed by atoms with Crippen molar-refractivity contribution in [3.05, 3.63) is 42.7 Å². The molecule has 0 atom stereocenters. The van der Waals surface area contributed by atoms with Gasteiger partial charge in [0.15, 0.2) is 0 Å². The zero-order valence-corrected chi connectivity index (χ0v) is 9.70. The second kappa shape index (κ2) is 4.90. The van der Waals surface area contributed by atoms with E-state index in [0.717, 1.165) is 15.5 Å². The summed E-state index contributed by atoms with van der Waals surface area (Å²) in [6, 6.07) is 9.60. The van der Waals surface area contributed by atoms with Gasteiger partial charge in [0.05, 0.1) is 7.11 Å². The SMILES string of the molecule is COc1cc(N)cc(Sc2ccncc2)c1. The van der Waals surface area contributed by atoms with Crippen LogP contribution in [0.1, 0.15) is 0 Å². The van der Waals surface area contributed by atoms with Crippen LogP contribution in [0.3, 0.4) is 0 Å². The summed E-state index contributed by atoms with van der Waals surface area (Å²) >= 11 is 1.63. The molecular formula is C12H12N2OS. The van der Waals surface area contributed by atoms with E-state index in [1.165, 1.54) is 0 Å². The fourth-order valence-corrected chi connectivity index (χ4v) is 2.21. The van der Waals surface area contributed by atoms with Gasteiger partial charge in [-0.3, -0.25) is 4.98 Å². The Morgan fingerprint density at radius 1 is 1.12 bits per heavy atom. The van der Waals surface area contributed by atoms with Crippen LogP contribution in [0.25, 0.3) is 0 Å². The summed E-state index contributed by atoms with van der Waals surface area (Å²) in [6.45, 7) is 0. The summed E-state index contributed by atoms with van der Waals surface area (Å²) in [4.78, 5) is 6.16. The molecule has 0 bridgehead atoms. The van der Waals surface area contributed by atoms with Gasteiger partial charge in [0.2, 0.25) is 0 Å². The molecule has 3 nitrogen and oxygen atoms in total. The van der Waals surface area contributed by atoms with Crippen molar-refractivity contribution in [2.45, 2.75) is 9.79 Å². The van der Waals surface area contributed by atoms with Gasteiger partial charge in [-0.05, 0) is 24.3 Å². The van der Waals surface area contributed by atoms with Crippen LogP contribution < -0.4 is 10.5 Å². The van der Waals surface area contributed by atoms with Gasteiger partial charge < -0.3 is 10.5 Å². The lowest BCUT2D eigenvalue weighted by molar-refractivity contribution is 0.414. The van der Waals surface area contributed by atoms with Gasteiger partial charge in [0, 0.05) is 33.9 Å². The minimum atomic E-state index is 0.705. The zero-order valence-electron chi connectivity index (χ0n) is 8.88.